The van der Waals surface area contributed by atoms with Crippen molar-refractivity contribution in [1.82, 2.24) is 0 Å². The summed E-state index contributed by atoms with van der Waals surface area (Å²) in [5.74, 6) is -1.98. The fourth-order valence-electron chi connectivity index (χ4n) is 1.34. The Morgan fingerprint density at radius 3 is 2.56 bits per heavy atom. The number of hydrogen-bond acceptors (Lipinski definition) is 3. The molecule has 0 bridgehead atoms. The standard InChI is InChI=1S/C11H13NO4/c12-10(11(15)16)8-3-1-2-7(6-8)4-5-9(13)14/h1-3,6,10H,4-5,12H2,(H,13,14)(H,15,16). The highest BCUT2D eigenvalue weighted by atomic mass is 16.4. The first-order valence-electron chi connectivity index (χ1n) is 4.79. The number of hydrogen-bond donors (Lipinski definition) is 3. The molecule has 5 nitrogen and oxygen atoms in total. The summed E-state index contributed by atoms with van der Waals surface area (Å²) < 4.78 is 0. The van der Waals surface area contributed by atoms with Gasteiger partial charge in [-0.3, -0.25) is 9.59 Å². The maximum atomic E-state index is 10.7. The second-order valence-corrected chi connectivity index (χ2v) is 3.45. The van der Waals surface area contributed by atoms with Gasteiger partial charge in [0.25, 0.3) is 0 Å². The third-order valence-electron chi connectivity index (χ3n) is 2.20. The average molecular weight is 223 g/mol. The molecule has 1 rings (SSSR count). The number of aryl methyl sites for hydroxylation is 1. The third kappa shape index (κ3) is 3.36. The second-order valence-electron chi connectivity index (χ2n) is 3.45. The molecule has 0 aromatic heterocycles. The number of carboxylic acid groups (broad SMARTS) is 2. The van der Waals surface area contributed by atoms with Crippen LogP contribution >= 0.6 is 0 Å². The first-order valence-corrected chi connectivity index (χ1v) is 4.79. The van der Waals surface area contributed by atoms with E-state index in [1.165, 1.54) is 0 Å². The van der Waals surface area contributed by atoms with Crippen LogP contribution in [-0.2, 0) is 16.0 Å². The van der Waals surface area contributed by atoms with Gasteiger partial charge in [-0.25, -0.2) is 0 Å². The van der Waals surface area contributed by atoms with Crippen molar-refractivity contribution in [2.24, 2.45) is 5.73 Å². The van der Waals surface area contributed by atoms with Crippen LogP contribution in [0.2, 0.25) is 0 Å². The Bertz CT molecular complexity index is 403. The highest BCUT2D eigenvalue weighted by molar-refractivity contribution is 5.75. The van der Waals surface area contributed by atoms with E-state index in [2.05, 4.69) is 0 Å². The van der Waals surface area contributed by atoms with E-state index in [1.807, 2.05) is 0 Å². The molecular formula is C11H13NO4. The van der Waals surface area contributed by atoms with E-state index in [9.17, 15) is 9.59 Å². The Labute approximate surface area is 92.5 Å². The van der Waals surface area contributed by atoms with Gasteiger partial charge in [0.1, 0.15) is 6.04 Å². The fraction of sp³-hybridized carbons (Fsp3) is 0.273. The highest BCUT2D eigenvalue weighted by Crippen LogP contribution is 2.14. The van der Waals surface area contributed by atoms with Crippen molar-refractivity contribution in [1.29, 1.82) is 0 Å². The first-order chi connectivity index (χ1) is 7.50. The van der Waals surface area contributed by atoms with Crippen LogP contribution < -0.4 is 5.73 Å². The summed E-state index contributed by atoms with van der Waals surface area (Å²) in [6.45, 7) is 0. The molecule has 86 valence electrons. The van der Waals surface area contributed by atoms with Crippen molar-refractivity contribution in [3.63, 3.8) is 0 Å². The summed E-state index contributed by atoms with van der Waals surface area (Å²) in [5, 5.41) is 17.2. The minimum absolute atomic E-state index is 0.0196. The molecule has 1 atom stereocenters. The first kappa shape index (κ1) is 12.2. The van der Waals surface area contributed by atoms with Gasteiger partial charge in [-0.05, 0) is 17.5 Å². The molecule has 0 amide bonds. The van der Waals surface area contributed by atoms with Gasteiger partial charge >= 0.3 is 11.9 Å². The van der Waals surface area contributed by atoms with Crippen LogP contribution in [0.1, 0.15) is 23.6 Å². The van der Waals surface area contributed by atoms with Crippen LogP contribution in [0, 0.1) is 0 Å². The molecular weight excluding hydrogens is 210 g/mol. The van der Waals surface area contributed by atoms with Crippen LogP contribution in [0.4, 0.5) is 0 Å². The quantitative estimate of drug-likeness (QED) is 0.685. The Hall–Kier alpha value is -1.88. The lowest BCUT2D eigenvalue weighted by Gasteiger charge is -2.08. The molecule has 0 spiro atoms. The minimum atomic E-state index is -1.10. The zero-order valence-electron chi connectivity index (χ0n) is 8.59. The summed E-state index contributed by atoms with van der Waals surface area (Å²) in [7, 11) is 0. The fourth-order valence-corrected chi connectivity index (χ4v) is 1.34. The second kappa shape index (κ2) is 5.27. The summed E-state index contributed by atoms with van der Waals surface area (Å²) in [6.07, 6.45) is 0.390. The predicted molar refractivity (Wildman–Crippen MR) is 57.0 cm³/mol. The van der Waals surface area contributed by atoms with Crippen LogP contribution in [0.15, 0.2) is 24.3 Å². The van der Waals surface area contributed by atoms with Crippen LogP contribution in [0.5, 0.6) is 0 Å². The summed E-state index contributed by atoms with van der Waals surface area (Å²) in [6, 6.07) is 5.60. The van der Waals surface area contributed by atoms with Crippen LogP contribution in [-0.4, -0.2) is 22.2 Å². The predicted octanol–water partition coefficient (Wildman–Crippen LogP) is 0.788. The van der Waals surface area contributed by atoms with Gasteiger partial charge < -0.3 is 15.9 Å². The number of nitrogens with two attached hydrogens (primary N) is 1. The van der Waals surface area contributed by atoms with E-state index >= 15 is 0 Å². The van der Waals surface area contributed by atoms with Gasteiger partial charge in [-0.2, -0.15) is 0 Å². The maximum Gasteiger partial charge on any atom is 0.325 e. The number of aliphatic carboxylic acids is 2. The lowest BCUT2D eigenvalue weighted by Crippen LogP contribution is -2.20. The molecule has 1 aromatic carbocycles. The van der Waals surface area contributed by atoms with Gasteiger partial charge in [0, 0.05) is 6.42 Å². The Kier molecular flexibility index (Phi) is 4.02. The molecule has 1 unspecified atom stereocenters. The van der Waals surface area contributed by atoms with Gasteiger partial charge in [0.15, 0.2) is 0 Å². The van der Waals surface area contributed by atoms with E-state index in [4.69, 9.17) is 15.9 Å². The van der Waals surface area contributed by atoms with Crippen LogP contribution in [0.3, 0.4) is 0 Å². The van der Waals surface area contributed by atoms with E-state index in [0.29, 0.717) is 12.0 Å². The van der Waals surface area contributed by atoms with Gasteiger partial charge in [-0.1, -0.05) is 24.3 Å². The molecule has 0 fully saturated rings. The molecule has 0 heterocycles. The van der Waals surface area contributed by atoms with Crippen molar-refractivity contribution in [2.45, 2.75) is 18.9 Å². The van der Waals surface area contributed by atoms with Crippen molar-refractivity contribution >= 4 is 11.9 Å². The highest BCUT2D eigenvalue weighted by Gasteiger charge is 2.14. The van der Waals surface area contributed by atoms with Gasteiger partial charge in [-0.15, -0.1) is 0 Å². The minimum Gasteiger partial charge on any atom is -0.481 e. The molecule has 16 heavy (non-hydrogen) atoms. The average Bonchev–Trinajstić information content (AvgIpc) is 2.25. The zero-order chi connectivity index (χ0) is 12.1. The Morgan fingerprint density at radius 1 is 1.31 bits per heavy atom. The third-order valence-corrected chi connectivity index (χ3v) is 2.20. The monoisotopic (exact) mass is 223 g/mol. The number of carboxylic acids is 2. The number of rotatable bonds is 5. The van der Waals surface area contributed by atoms with Crippen molar-refractivity contribution in [2.75, 3.05) is 0 Å². The van der Waals surface area contributed by atoms with Crippen molar-refractivity contribution in [3.05, 3.63) is 35.4 Å². The Morgan fingerprint density at radius 2 is 2.00 bits per heavy atom. The van der Waals surface area contributed by atoms with E-state index in [1.54, 1.807) is 24.3 Å². The lowest BCUT2D eigenvalue weighted by atomic mass is 10.0. The largest absolute Gasteiger partial charge is 0.481 e. The SMILES string of the molecule is NC(C(=O)O)c1cccc(CCC(=O)O)c1. The summed E-state index contributed by atoms with van der Waals surface area (Å²) >= 11 is 0. The van der Waals surface area contributed by atoms with E-state index in [0.717, 1.165) is 5.56 Å². The number of carbonyl (C=O) groups is 2. The molecule has 4 N–H and O–H groups in total. The molecule has 0 aliphatic carbocycles. The van der Waals surface area contributed by atoms with Gasteiger partial charge in [0.05, 0.1) is 0 Å². The van der Waals surface area contributed by atoms with Crippen LogP contribution in [0.25, 0.3) is 0 Å². The lowest BCUT2D eigenvalue weighted by molar-refractivity contribution is -0.139. The molecule has 0 aliphatic heterocycles. The normalized spacial score (nSPS) is 12.1. The number of benzene rings is 1. The summed E-state index contributed by atoms with van der Waals surface area (Å²) in [4.78, 5) is 21.0. The Balaban J connectivity index is 2.78. The van der Waals surface area contributed by atoms with E-state index < -0.39 is 18.0 Å². The molecule has 0 aliphatic rings. The van der Waals surface area contributed by atoms with Gasteiger partial charge in [0.2, 0.25) is 0 Å². The zero-order valence-corrected chi connectivity index (χ0v) is 8.59. The maximum absolute atomic E-state index is 10.7. The molecule has 0 radical (unpaired) electrons. The summed E-state index contributed by atoms with van der Waals surface area (Å²) in [5.41, 5.74) is 6.70. The smallest absolute Gasteiger partial charge is 0.325 e. The topological polar surface area (TPSA) is 101 Å². The molecule has 0 saturated heterocycles. The van der Waals surface area contributed by atoms with E-state index in [-0.39, 0.29) is 6.42 Å². The van der Waals surface area contributed by atoms with Crippen molar-refractivity contribution < 1.29 is 19.8 Å². The molecule has 0 saturated carbocycles. The van der Waals surface area contributed by atoms with Crippen molar-refractivity contribution in [3.8, 4) is 0 Å². The molecule has 1 aromatic rings. The molecule has 5 heteroatoms.